The Balaban J connectivity index is 1.89. The van der Waals surface area contributed by atoms with Crippen molar-refractivity contribution in [2.24, 2.45) is 0 Å². The van der Waals surface area contributed by atoms with Crippen LogP contribution in [0.15, 0.2) is 30.7 Å². The van der Waals surface area contributed by atoms with E-state index in [0.717, 1.165) is 18.7 Å². The highest BCUT2D eigenvalue weighted by atomic mass is 16.1. The van der Waals surface area contributed by atoms with Crippen LogP contribution in [-0.2, 0) is 6.54 Å². The number of carbonyl (C=O) groups excluding carboxylic acids is 1. The molecule has 0 radical (unpaired) electrons. The summed E-state index contributed by atoms with van der Waals surface area (Å²) in [5.41, 5.74) is 1.02. The fraction of sp³-hybridized carbons (Fsp3) is 0.308. The average molecular weight is 272 g/mol. The summed E-state index contributed by atoms with van der Waals surface area (Å²) < 4.78 is 0. The van der Waals surface area contributed by atoms with E-state index in [1.54, 1.807) is 24.4 Å². The molecule has 7 heteroatoms. The molecule has 0 fully saturated rings. The number of carbonyl (C=O) groups is 1. The molecule has 0 saturated heterocycles. The van der Waals surface area contributed by atoms with Gasteiger partial charge in [0.25, 0.3) is 5.91 Å². The molecule has 0 aliphatic carbocycles. The third kappa shape index (κ3) is 3.98. The molecule has 2 N–H and O–H groups in total. The molecule has 104 valence electrons. The van der Waals surface area contributed by atoms with Gasteiger partial charge in [-0.3, -0.25) is 4.79 Å². The van der Waals surface area contributed by atoms with Crippen LogP contribution in [-0.4, -0.2) is 32.6 Å². The lowest BCUT2D eigenvalue weighted by molar-refractivity contribution is 0.0944. The van der Waals surface area contributed by atoms with Crippen molar-refractivity contribution in [2.45, 2.75) is 19.9 Å². The highest BCUT2D eigenvalue weighted by Gasteiger charge is 2.08. The lowest BCUT2D eigenvalue weighted by Gasteiger charge is -2.05. The molecule has 20 heavy (non-hydrogen) atoms. The van der Waals surface area contributed by atoms with Crippen molar-refractivity contribution in [3.05, 3.63) is 42.1 Å². The van der Waals surface area contributed by atoms with E-state index >= 15 is 0 Å². The summed E-state index contributed by atoms with van der Waals surface area (Å²) in [5, 5.41) is 13.7. The normalized spacial score (nSPS) is 10.1. The van der Waals surface area contributed by atoms with Crippen molar-refractivity contribution in [1.29, 1.82) is 0 Å². The molecular weight excluding hydrogens is 256 g/mol. The second-order valence-electron chi connectivity index (χ2n) is 4.11. The lowest BCUT2D eigenvalue weighted by Crippen LogP contribution is -2.24. The quantitative estimate of drug-likeness (QED) is 0.815. The minimum atomic E-state index is -0.279. The predicted octanol–water partition coefficient (Wildman–Crippen LogP) is 1.02. The van der Waals surface area contributed by atoms with E-state index in [1.807, 2.05) is 0 Å². The van der Waals surface area contributed by atoms with Crippen LogP contribution >= 0.6 is 0 Å². The zero-order valence-corrected chi connectivity index (χ0v) is 11.2. The summed E-state index contributed by atoms with van der Waals surface area (Å²) in [5.74, 6) is 0.386. The highest BCUT2D eigenvalue weighted by Crippen LogP contribution is 2.02. The van der Waals surface area contributed by atoms with Crippen molar-refractivity contribution in [3.8, 4) is 0 Å². The summed E-state index contributed by atoms with van der Waals surface area (Å²) in [4.78, 5) is 19.7. The first-order valence-electron chi connectivity index (χ1n) is 6.40. The van der Waals surface area contributed by atoms with Gasteiger partial charge in [-0.15, -0.1) is 10.2 Å². The lowest BCUT2D eigenvalue weighted by atomic mass is 10.3. The zero-order valence-electron chi connectivity index (χ0n) is 11.2. The molecule has 0 spiro atoms. The van der Waals surface area contributed by atoms with Gasteiger partial charge in [0, 0.05) is 12.7 Å². The Morgan fingerprint density at radius 2 is 2.15 bits per heavy atom. The second kappa shape index (κ2) is 7.13. The topological polar surface area (TPSA) is 92.7 Å². The minimum absolute atomic E-state index is 0.279. The van der Waals surface area contributed by atoms with Crippen molar-refractivity contribution in [1.82, 2.24) is 25.5 Å². The second-order valence-corrected chi connectivity index (χ2v) is 4.11. The van der Waals surface area contributed by atoms with Crippen molar-refractivity contribution in [2.75, 3.05) is 11.9 Å². The number of nitrogens with zero attached hydrogens (tertiary/aromatic N) is 4. The Hall–Kier alpha value is -2.57. The highest BCUT2D eigenvalue weighted by molar-refractivity contribution is 5.92. The first-order valence-corrected chi connectivity index (χ1v) is 6.40. The van der Waals surface area contributed by atoms with Gasteiger partial charge in [0.1, 0.15) is 12.1 Å². The van der Waals surface area contributed by atoms with Gasteiger partial charge in [0.05, 0.1) is 12.2 Å². The molecule has 0 bridgehead atoms. The molecule has 0 aliphatic heterocycles. The van der Waals surface area contributed by atoms with Crippen LogP contribution in [0, 0.1) is 0 Å². The van der Waals surface area contributed by atoms with Crippen LogP contribution in [0.3, 0.4) is 0 Å². The Morgan fingerprint density at radius 3 is 2.80 bits per heavy atom. The summed E-state index contributed by atoms with van der Waals surface area (Å²) in [7, 11) is 0. The number of hydrogen-bond acceptors (Lipinski definition) is 6. The summed E-state index contributed by atoms with van der Waals surface area (Å²) >= 11 is 0. The molecule has 0 unspecified atom stereocenters. The molecular formula is C13H16N6O. The van der Waals surface area contributed by atoms with Gasteiger partial charge in [-0.25, -0.2) is 9.97 Å². The standard InChI is InChI=1S/C13H16N6O/c1-2-6-15-12-4-3-11(18-19-12)13(20)16-8-10-5-7-14-9-17-10/h3-5,7,9H,2,6,8H2,1H3,(H,15,19)(H,16,20). The summed E-state index contributed by atoms with van der Waals surface area (Å²) in [6.45, 7) is 3.22. The monoisotopic (exact) mass is 272 g/mol. The van der Waals surface area contributed by atoms with Gasteiger partial charge in [0.2, 0.25) is 0 Å². The van der Waals surface area contributed by atoms with Crippen molar-refractivity contribution < 1.29 is 4.79 Å². The van der Waals surface area contributed by atoms with Gasteiger partial charge in [-0.1, -0.05) is 6.92 Å². The molecule has 0 atom stereocenters. The average Bonchev–Trinajstić information content (AvgIpc) is 2.52. The Kier molecular flexibility index (Phi) is 4.94. The van der Waals surface area contributed by atoms with E-state index in [1.165, 1.54) is 6.33 Å². The van der Waals surface area contributed by atoms with Crippen molar-refractivity contribution in [3.63, 3.8) is 0 Å². The molecule has 2 rings (SSSR count). The first-order chi connectivity index (χ1) is 9.79. The zero-order chi connectivity index (χ0) is 14.2. The number of amides is 1. The Morgan fingerprint density at radius 1 is 1.25 bits per heavy atom. The minimum Gasteiger partial charge on any atom is -0.369 e. The van der Waals surface area contributed by atoms with Crippen LogP contribution in [0.2, 0.25) is 0 Å². The smallest absolute Gasteiger partial charge is 0.272 e. The molecule has 0 aliphatic rings. The maximum Gasteiger partial charge on any atom is 0.272 e. The first kappa shape index (κ1) is 13.9. The van der Waals surface area contributed by atoms with E-state index in [2.05, 4.69) is 37.7 Å². The van der Waals surface area contributed by atoms with E-state index in [4.69, 9.17) is 0 Å². The number of aromatic nitrogens is 4. The molecule has 2 aromatic rings. The van der Waals surface area contributed by atoms with E-state index in [-0.39, 0.29) is 11.6 Å². The molecule has 2 aromatic heterocycles. The van der Waals surface area contributed by atoms with Crippen LogP contribution in [0.4, 0.5) is 5.82 Å². The van der Waals surface area contributed by atoms with E-state index < -0.39 is 0 Å². The van der Waals surface area contributed by atoms with E-state index in [9.17, 15) is 4.79 Å². The van der Waals surface area contributed by atoms with Gasteiger partial charge >= 0.3 is 0 Å². The SMILES string of the molecule is CCCNc1ccc(C(=O)NCc2ccncn2)nn1. The third-order valence-electron chi connectivity index (χ3n) is 2.53. The predicted molar refractivity (Wildman–Crippen MR) is 74.0 cm³/mol. The number of nitrogens with one attached hydrogen (secondary N) is 2. The maximum atomic E-state index is 11.9. The Labute approximate surface area is 116 Å². The summed E-state index contributed by atoms with van der Waals surface area (Å²) in [6.07, 6.45) is 4.07. The van der Waals surface area contributed by atoms with Crippen LogP contribution < -0.4 is 10.6 Å². The maximum absolute atomic E-state index is 11.9. The van der Waals surface area contributed by atoms with Crippen molar-refractivity contribution >= 4 is 11.7 Å². The molecule has 2 heterocycles. The van der Waals surface area contributed by atoms with Gasteiger partial charge in [-0.2, -0.15) is 0 Å². The largest absolute Gasteiger partial charge is 0.369 e. The Bertz CT molecular complexity index is 543. The fourth-order valence-corrected chi connectivity index (χ4v) is 1.48. The molecule has 1 amide bonds. The third-order valence-corrected chi connectivity index (χ3v) is 2.53. The summed E-state index contributed by atoms with van der Waals surface area (Å²) in [6, 6.07) is 5.12. The van der Waals surface area contributed by atoms with Crippen LogP contribution in [0.5, 0.6) is 0 Å². The number of rotatable bonds is 6. The number of anilines is 1. The van der Waals surface area contributed by atoms with Crippen LogP contribution in [0.1, 0.15) is 29.5 Å². The van der Waals surface area contributed by atoms with Gasteiger partial charge in [-0.05, 0) is 24.6 Å². The fourth-order valence-electron chi connectivity index (χ4n) is 1.48. The molecule has 0 saturated carbocycles. The molecule has 7 nitrogen and oxygen atoms in total. The number of hydrogen-bond donors (Lipinski definition) is 2. The van der Waals surface area contributed by atoms with Gasteiger partial charge in [0.15, 0.2) is 5.69 Å². The molecule has 0 aromatic carbocycles. The van der Waals surface area contributed by atoms with E-state index in [0.29, 0.717) is 12.4 Å². The van der Waals surface area contributed by atoms with Crippen LogP contribution in [0.25, 0.3) is 0 Å². The van der Waals surface area contributed by atoms with Gasteiger partial charge < -0.3 is 10.6 Å².